The SMILES string of the molecule is Cc1nonc1CN1CCN(C(=O)c2oc3ccc(Br)cc3c2C)CC1. The maximum atomic E-state index is 12.9. The number of nitrogens with zero attached hydrogens (tertiary/aromatic N) is 4. The Hall–Kier alpha value is -2.19. The monoisotopic (exact) mass is 418 g/mol. The van der Waals surface area contributed by atoms with Crippen molar-refractivity contribution in [3.63, 3.8) is 0 Å². The van der Waals surface area contributed by atoms with E-state index < -0.39 is 0 Å². The first kappa shape index (κ1) is 17.2. The van der Waals surface area contributed by atoms with Gasteiger partial charge >= 0.3 is 0 Å². The number of aromatic nitrogens is 2. The summed E-state index contributed by atoms with van der Waals surface area (Å²) in [7, 11) is 0. The molecule has 0 atom stereocenters. The average molecular weight is 419 g/mol. The topological polar surface area (TPSA) is 75.6 Å². The number of fused-ring (bicyclic) bond motifs is 1. The van der Waals surface area contributed by atoms with Crippen LogP contribution in [0.3, 0.4) is 0 Å². The molecule has 0 unspecified atom stereocenters. The molecule has 8 heteroatoms. The molecular weight excluding hydrogens is 400 g/mol. The number of hydrogen-bond donors (Lipinski definition) is 0. The smallest absolute Gasteiger partial charge is 0.289 e. The third kappa shape index (κ3) is 3.14. The van der Waals surface area contributed by atoms with Crippen LogP contribution in [0.15, 0.2) is 31.7 Å². The summed E-state index contributed by atoms with van der Waals surface area (Å²) in [6.45, 7) is 7.38. The van der Waals surface area contributed by atoms with Crippen molar-refractivity contribution in [2.24, 2.45) is 0 Å². The van der Waals surface area contributed by atoms with E-state index in [1.165, 1.54) is 0 Å². The molecular formula is C18H19BrN4O3. The van der Waals surface area contributed by atoms with E-state index in [1.54, 1.807) is 0 Å². The Morgan fingerprint density at radius 1 is 1.19 bits per heavy atom. The fourth-order valence-corrected chi connectivity index (χ4v) is 3.62. The van der Waals surface area contributed by atoms with Gasteiger partial charge in [-0.15, -0.1) is 0 Å². The lowest BCUT2D eigenvalue weighted by Crippen LogP contribution is -2.48. The highest BCUT2D eigenvalue weighted by Gasteiger charge is 2.27. The Morgan fingerprint density at radius 2 is 1.96 bits per heavy atom. The summed E-state index contributed by atoms with van der Waals surface area (Å²) in [4.78, 5) is 17.0. The fourth-order valence-electron chi connectivity index (χ4n) is 3.25. The van der Waals surface area contributed by atoms with Gasteiger partial charge in [0.15, 0.2) is 5.76 Å². The van der Waals surface area contributed by atoms with Crippen LogP contribution < -0.4 is 0 Å². The van der Waals surface area contributed by atoms with Gasteiger partial charge in [0.25, 0.3) is 5.91 Å². The summed E-state index contributed by atoms with van der Waals surface area (Å²) in [5, 5.41) is 8.70. The van der Waals surface area contributed by atoms with Crippen LogP contribution in [0.4, 0.5) is 0 Å². The van der Waals surface area contributed by atoms with E-state index in [1.807, 2.05) is 36.9 Å². The molecule has 136 valence electrons. The van der Waals surface area contributed by atoms with Crippen molar-refractivity contribution in [3.05, 3.63) is 45.4 Å². The van der Waals surface area contributed by atoms with E-state index in [0.717, 1.165) is 45.5 Å². The van der Waals surface area contributed by atoms with Gasteiger partial charge in [-0.3, -0.25) is 9.69 Å². The van der Waals surface area contributed by atoms with Crippen LogP contribution in [-0.2, 0) is 6.54 Å². The zero-order valence-corrected chi connectivity index (χ0v) is 16.2. The highest BCUT2D eigenvalue weighted by atomic mass is 79.9. The van der Waals surface area contributed by atoms with Gasteiger partial charge in [0.05, 0.1) is 0 Å². The van der Waals surface area contributed by atoms with Gasteiger partial charge in [-0.05, 0) is 32.0 Å². The zero-order valence-electron chi connectivity index (χ0n) is 14.7. The van der Waals surface area contributed by atoms with Gasteiger partial charge in [-0.1, -0.05) is 26.2 Å². The Morgan fingerprint density at radius 3 is 2.65 bits per heavy atom. The minimum atomic E-state index is -0.0474. The van der Waals surface area contributed by atoms with Crippen LogP contribution >= 0.6 is 15.9 Å². The van der Waals surface area contributed by atoms with Crippen LogP contribution in [0.2, 0.25) is 0 Å². The lowest BCUT2D eigenvalue weighted by molar-refractivity contribution is 0.0596. The zero-order chi connectivity index (χ0) is 18.3. The number of aryl methyl sites for hydroxylation is 2. The molecule has 26 heavy (non-hydrogen) atoms. The normalized spacial score (nSPS) is 15.7. The second-order valence-electron chi connectivity index (χ2n) is 6.56. The van der Waals surface area contributed by atoms with E-state index in [2.05, 4.69) is 31.1 Å². The standard InChI is InChI=1S/C18H19BrN4O3/c1-11-14-9-13(19)3-4-16(14)25-17(11)18(24)23-7-5-22(6-8-23)10-15-12(2)20-26-21-15/h3-4,9H,5-8,10H2,1-2H3. The molecule has 0 bridgehead atoms. The van der Waals surface area contributed by atoms with E-state index in [9.17, 15) is 4.79 Å². The molecule has 0 N–H and O–H groups in total. The number of hydrogen-bond acceptors (Lipinski definition) is 6. The third-order valence-corrected chi connectivity index (χ3v) is 5.37. The van der Waals surface area contributed by atoms with Gasteiger partial charge in [-0.2, -0.15) is 0 Å². The average Bonchev–Trinajstić information content (AvgIpc) is 3.19. The maximum absolute atomic E-state index is 12.9. The van der Waals surface area contributed by atoms with Crippen LogP contribution in [0.1, 0.15) is 27.5 Å². The molecule has 1 amide bonds. The molecule has 0 saturated carbocycles. The van der Waals surface area contributed by atoms with Crippen molar-refractivity contribution in [2.75, 3.05) is 26.2 Å². The quantitative estimate of drug-likeness (QED) is 0.650. The Bertz CT molecular complexity index is 957. The summed E-state index contributed by atoms with van der Waals surface area (Å²) in [6.07, 6.45) is 0. The van der Waals surface area contributed by atoms with Crippen molar-refractivity contribution in [3.8, 4) is 0 Å². The predicted octanol–water partition coefficient (Wildman–Crippen LogP) is 3.15. The molecule has 1 fully saturated rings. The van der Waals surface area contributed by atoms with Crippen LogP contribution in [0.25, 0.3) is 11.0 Å². The van der Waals surface area contributed by atoms with E-state index in [4.69, 9.17) is 9.05 Å². The first-order valence-electron chi connectivity index (χ1n) is 8.51. The Balaban J connectivity index is 1.45. The molecule has 0 aliphatic carbocycles. The first-order valence-corrected chi connectivity index (χ1v) is 9.30. The number of furan rings is 1. The lowest BCUT2D eigenvalue weighted by Gasteiger charge is -2.33. The molecule has 3 aromatic rings. The molecule has 1 aliphatic rings. The number of benzene rings is 1. The largest absolute Gasteiger partial charge is 0.451 e. The summed E-state index contributed by atoms with van der Waals surface area (Å²) in [5.74, 6) is 0.386. The molecule has 4 rings (SSSR count). The van der Waals surface area contributed by atoms with Gasteiger partial charge in [0, 0.05) is 48.1 Å². The fraction of sp³-hybridized carbons (Fsp3) is 0.389. The van der Waals surface area contributed by atoms with Gasteiger partial charge in [0.1, 0.15) is 17.0 Å². The molecule has 1 saturated heterocycles. The van der Waals surface area contributed by atoms with Crippen LogP contribution in [0, 0.1) is 13.8 Å². The first-order chi connectivity index (χ1) is 12.5. The van der Waals surface area contributed by atoms with Crippen molar-refractivity contribution in [1.82, 2.24) is 20.1 Å². The van der Waals surface area contributed by atoms with E-state index >= 15 is 0 Å². The van der Waals surface area contributed by atoms with E-state index in [-0.39, 0.29) is 5.91 Å². The summed E-state index contributed by atoms with van der Waals surface area (Å²) in [6, 6.07) is 5.78. The Kier molecular flexibility index (Phi) is 4.54. The van der Waals surface area contributed by atoms with Crippen molar-refractivity contribution in [2.45, 2.75) is 20.4 Å². The highest BCUT2D eigenvalue weighted by molar-refractivity contribution is 9.10. The third-order valence-electron chi connectivity index (χ3n) is 4.87. The molecule has 0 spiro atoms. The molecule has 1 aromatic carbocycles. The highest BCUT2D eigenvalue weighted by Crippen LogP contribution is 2.29. The van der Waals surface area contributed by atoms with Gasteiger partial charge < -0.3 is 9.32 Å². The predicted molar refractivity (Wildman–Crippen MR) is 98.9 cm³/mol. The number of carbonyl (C=O) groups is 1. The number of rotatable bonds is 3. The number of piperazine rings is 1. The van der Waals surface area contributed by atoms with Crippen molar-refractivity contribution in [1.29, 1.82) is 0 Å². The number of halogens is 1. The molecule has 7 nitrogen and oxygen atoms in total. The summed E-state index contributed by atoms with van der Waals surface area (Å²) < 4.78 is 11.6. The van der Waals surface area contributed by atoms with Crippen molar-refractivity contribution < 1.29 is 13.8 Å². The molecule has 2 aromatic heterocycles. The maximum Gasteiger partial charge on any atom is 0.289 e. The summed E-state index contributed by atoms with van der Waals surface area (Å²) in [5.41, 5.74) is 3.29. The lowest BCUT2D eigenvalue weighted by atomic mass is 10.1. The van der Waals surface area contributed by atoms with Gasteiger partial charge in [-0.25, -0.2) is 4.63 Å². The second kappa shape index (κ2) is 6.85. The van der Waals surface area contributed by atoms with Crippen LogP contribution in [0.5, 0.6) is 0 Å². The van der Waals surface area contributed by atoms with Gasteiger partial charge in [0.2, 0.25) is 0 Å². The molecule has 0 radical (unpaired) electrons. The number of carbonyl (C=O) groups excluding carboxylic acids is 1. The molecule has 1 aliphatic heterocycles. The Labute approximate surface area is 159 Å². The minimum absolute atomic E-state index is 0.0474. The number of amides is 1. The van der Waals surface area contributed by atoms with Crippen molar-refractivity contribution >= 4 is 32.8 Å². The van der Waals surface area contributed by atoms with E-state index in [0.29, 0.717) is 25.4 Å². The summed E-state index contributed by atoms with van der Waals surface area (Å²) >= 11 is 3.47. The second-order valence-corrected chi connectivity index (χ2v) is 7.48. The van der Waals surface area contributed by atoms with Crippen LogP contribution in [-0.4, -0.2) is 52.2 Å². The minimum Gasteiger partial charge on any atom is -0.451 e. The molecule has 3 heterocycles.